The Morgan fingerprint density at radius 3 is 1.33 bits per heavy atom. The normalized spacial score (nSPS) is 1.00. The first kappa shape index (κ1) is 44.1. The molecule has 0 heterocycles. The first-order valence-electron chi connectivity index (χ1n) is 0.447. The summed E-state index contributed by atoms with van der Waals surface area (Å²) >= 11 is 0. The molecule has 0 amide bonds. The first-order chi connectivity index (χ1) is 1.00. The Morgan fingerprint density at radius 2 is 1.33 bits per heavy atom. The minimum absolute atomic E-state index is 0. The van der Waals surface area contributed by atoms with Crippen molar-refractivity contribution in [1.29, 1.82) is 0 Å². The predicted octanol–water partition coefficient (Wildman–Crippen LogP) is -2.28. The number of halogens is 2. The van der Waals surface area contributed by atoms with Gasteiger partial charge in [0.25, 0.3) is 0 Å². The maximum absolute atomic E-state index is 7.00. The van der Waals surface area contributed by atoms with Crippen molar-refractivity contribution in [3.63, 3.8) is 0 Å². The van der Waals surface area contributed by atoms with Crippen LogP contribution < -0.4 is 18.9 Å². The van der Waals surface area contributed by atoms with E-state index in [1.807, 2.05) is 0 Å². The largest absolute Gasteiger partial charge is 1.00 e. The van der Waals surface area contributed by atoms with Gasteiger partial charge in [0.1, 0.15) is 0 Å². The quantitative estimate of drug-likeness (QED) is 0.458. The van der Waals surface area contributed by atoms with Gasteiger partial charge in [-0.3, -0.25) is 0 Å². The van der Waals surface area contributed by atoms with E-state index in [1.54, 1.807) is 0 Å². The van der Waals surface area contributed by atoms with Gasteiger partial charge < -0.3 is 6.53 Å². The Balaban J connectivity index is -0.000000000500. The molecule has 34 valence electrons. The average Bonchev–Trinajstić information content (AvgIpc) is 1.00. The van der Waals surface area contributed by atoms with Gasteiger partial charge >= 0.3 is 18.9 Å². The molecule has 0 bridgehead atoms. The molecule has 0 aromatic carbocycles. The second kappa shape index (κ2) is 64.7. The Bertz CT molecular complexity index is 19.7. The Hall–Kier alpha value is 1.95. The summed E-state index contributed by atoms with van der Waals surface area (Å²) in [6.07, 6.45) is 0. The molecule has 0 aromatic heterocycles. The topological polar surface area (TPSA) is 20.2 Å². The molecule has 1 nitrogen and oxygen atoms in total. The van der Waals surface area contributed by atoms with Gasteiger partial charge in [-0.2, -0.15) is 0 Å². The van der Waals surface area contributed by atoms with Crippen LogP contribution in [0.3, 0.4) is 0 Å². The fourth-order valence-electron chi connectivity index (χ4n) is 0. The zero-order chi connectivity index (χ0) is 2.00. The van der Waals surface area contributed by atoms with Crippen LogP contribution in [0.1, 0.15) is 1.43 Å². The summed E-state index contributed by atoms with van der Waals surface area (Å²) in [6.45, 7) is 0. The Kier molecular flexibility index (Phi) is 476. The van der Waals surface area contributed by atoms with E-state index in [4.69, 9.17) is 5.11 Å². The molecule has 0 aliphatic carbocycles. The summed E-state index contributed by atoms with van der Waals surface area (Å²) in [6, 6.07) is 0. The molecule has 0 aliphatic heterocycles. The van der Waals surface area contributed by atoms with E-state index in [9.17, 15) is 0 Å². The molecule has 0 spiro atoms. The molecule has 0 rings (SSSR count). The smallest absolute Gasteiger partial charge is 1.00 e. The standard InChI is InChI=1S/CH4O.BrH.ClH.Li.Zn.H/c1-2;;;;;/h2H,1H3;2*1H;;;/q;;;+1;;-1. The van der Waals surface area contributed by atoms with Crippen molar-refractivity contribution in [2.45, 2.75) is 0 Å². The Morgan fingerprint density at radius 1 is 1.33 bits per heavy atom. The molecule has 0 aliphatic rings. The zero-order valence-corrected chi connectivity index (χ0v) is 9.47. The van der Waals surface area contributed by atoms with Crippen LogP contribution >= 0.6 is 29.4 Å². The maximum atomic E-state index is 7.00. The van der Waals surface area contributed by atoms with Crippen molar-refractivity contribution in [2.24, 2.45) is 0 Å². The monoisotopic (exact) mass is 220 g/mol. The van der Waals surface area contributed by atoms with Gasteiger partial charge in [-0.05, 0) is 0 Å². The summed E-state index contributed by atoms with van der Waals surface area (Å²) in [7, 11) is 1.00. The van der Waals surface area contributed by atoms with Crippen LogP contribution in [-0.2, 0) is 19.5 Å². The van der Waals surface area contributed by atoms with Crippen molar-refractivity contribution in [2.75, 3.05) is 7.11 Å². The summed E-state index contributed by atoms with van der Waals surface area (Å²) in [5.74, 6) is 0. The summed E-state index contributed by atoms with van der Waals surface area (Å²) in [4.78, 5) is 0. The van der Waals surface area contributed by atoms with Crippen LogP contribution in [0.25, 0.3) is 0 Å². The molecule has 5 heteroatoms. The van der Waals surface area contributed by atoms with E-state index in [1.165, 1.54) is 0 Å². The number of rotatable bonds is 0. The number of hydrogen-bond donors (Lipinski definition) is 1. The van der Waals surface area contributed by atoms with Gasteiger partial charge in [-0.1, -0.05) is 0 Å². The second-order valence-electron chi connectivity index (χ2n) is 0. The fourth-order valence-corrected chi connectivity index (χ4v) is 0. The zero-order valence-electron chi connectivity index (χ0n) is 4.97. The molecule has 0 saturated carbocycles. The van der Waals surface area contributed by atoms with E-state index in [0.29, 0.717) is 0 Å². The van der Waals surface area contributed by atoms with Crippen molar-refractivity contribution < 1.29 is 44.9 Å². The van der Waals surface area contributed by atoms with Crippen LogP contribution in [-0.4, -0.2) is 12.2 Å². The van der Waals surface area contributed by atoms with Gasteiger partial charge in [0.15, 0.2) is 0 Å². The van der Waals surface area contributed by atoms with Crippen molar-refractivity contribution >= 4 is 29.4 Å². The van der Waals surface area contributed by atoms with Crippen LogP contribution in [0.2, 0.25) is 0 Å². The van der Waals surface area contributed by atoms with E-state index < -0.39 is 0 Å². The van der Waals surface area contributed by atoms with Crippen LogP contribution in [0.4, 0.5) is 0 Å². The number of aliphatic hydroxyl groups excluding tert-OH is 1. The van der Waals surface area contributed by atoms with Crippen molar-refractivity contribution in [3.05, 3.63) is 0 Å². The minimum Gasteiger partial charge on any atom is -1.00 e. The van der Waals surface area contributed by atoms with Crippen molar-refractivity contribution in [1.82, 2.24) is 0 Å². The number of aliphatic hydroxyl groups is 1. The van der Waals surface area contributed by atoms with Gasteiger partial charge in [0, 0.05) is 26.6 Å². The van der Waals surface area contributed by atoms with Gasteiger partial charge in [-0.25, -0.2) is 0 Å². The minimum atomic E-state index is 0. The van der Waals surface area contributed by atoms with Crippen LogP contribution in [0.15, 0.2) is 0 Å². The fraction of sp³-hybridized carbons (Fsp3) is 1.00. The third kappa shape index (κ3) is 38.3. The summed E-state index contributed by atoms with van der Waals surface area (Å²) < 4.78 is 0. The summed E-state index contributed by atoms with van der Waals surface area (Å²) in [5.41, 5.74) is 0. The molecule has 0 radical (unpaired) electrons. The molecule has 1 N–H and O–H groups in total. The second-order valence-corrected chi connectivity index (χ2v) is 0. The van der Waals surface area contributed by atoms with E-state index in [0.717, 1.165) is 7.11 Å². The van der Waals surface area contributed by atoms with E-state index in [-0.39, 0.29) is 69.2 Å². The maximum Gasteiger partial charge on any atom is 1.00 e. The molecular weight excluding hydrogens is 216 g/mol. The van der Waals surface area contributed by atoms with Crippen LogP contribution in [0.5, 0.6) is 0 Å². The third-order valence-electron chi connectivity index (χ3n) is 0. The molecular formula is CH7BrClLiOZn. The molecule has 6 heavy (non-hydrogen) atoms. The molecule has 0 fully saturated rings. The third-order valence-corrected chi connectivity index (χ3v) is 0. The summed E-state index contributed by atoms with van der Waals surface area (Å²) in [5, 5.41) is 7.00. The van der Waals surface area contributed by atoms with E-state index in [2.05, 4.69) is 0 Å². The molecule has 0 unspecified atom stereocenters. The average molecular weight is 223 g/mol. The number of hydrogen-bond acceptors (Lipinski definition) is 1. The molecule has 0 saturated heterocycles. The molecule has 0 atom stereocenters. The predicted molar refractivity (Wildman–Crippen MR) is 26.8 cm³/mol. The van der Waals surface area contributed by atoms with Crippen molar-refractivity contribution in [3.8, 4) is 0 Å². The van der Waals surface area contributed by atoms with Gasteiger partial charge in [0.2, 0.25) is 0 Å². The first-order valence-corrected chi connectivity index (χ1v) is 0.447. The van der Waals surface area contributed by atoms with Gasteiger partial charge in [0.05, 0.1) is 0 Å². The Labute approximate surface area is 80.9 Å². The van der Waals surface area contributed by atoms with E-state index >= 15 is 0 Å². The SMILES string of the molecule is Br.CO.Cl.[H-].[Li+].[Zn]. The van der Waals surface area contributed by atoms with Crippen LogP contribution in [0, 0.1) is 0 Å². The van der Waals surface area contributed by atoms with Gasteiger partial charge in [-0.15, -0.1) is 29.4 Å². The molecule has 0 aromatic rings.